The van der Waals surface area contributed by atoms with Crippen molar-refractivity contribution >= 4 is 23.1 Å². The number of thioether (sulfide) groups is 1. The van der Waals surface area contributed by atoms with Gasteiger partial charge in [-0.1, -0.05) is 0 Å². The first-order valence-corrected chi connectivity index (χ1v) is 7.26. The average Bonchev–Trinajstić information content (AvgIpc) is 2.43. The highest BCUT2D eigenvalue weighted by Gasteiger charge is 2.22. The van der Waals surface area contributed by atoms with E-state index in [0.29, 0.717) is 23.7 Å². The molecule has 1 N–H and O–H groups in total. The molecular weight excluding hydrogens is 280 g/mol. The first-order valence-electron chi connectivity index (χ1n) is 6.04. The Kier molecular flexibility index (Phi) is 5.50. The monoisotopic (exact) mass is 300 g/mol. The first-order chi connectivity index (χ1) is 9.34. The third-order valence-electron chi connectivity index (χ3n) is 2.96. The fourth-order valence-electron chi connectivity index (χ4n) is 1.54. The molecule has 1 aromatic carbocycles. The molecule has 0 fully saturated rings. The number of nitrogens with one attached hydrogen (secondary N) is 1. The second-order valence-corrected chi connectivity index (χ2v) is 6.31. The maximum absolute atomic E-state index is 11.1. The second kappa shape index (κ2) is 6.69. The molecule has 112 valence electrons. The van der Waals surface area contributed by atoms with Gasteiger partial charge >= 0.3 is 0 Å². The summed E-state index contributed by atoms with van der Waals surface area (Å²) in [5.41, 5.74) is 0.398. The van der Waals surface area contributed by atoms with Gasteiger partial charge in [0.2, 0.25) is 0 Å². The standard InChI is InChI=1S/C13H20N2O4S/c1-13(2,20-5)8-14-9-6-11(18-3)12(19-4)7-10(9)15(16)17/h6-7,14H,8H2,1-5H3. The molecule has 0 atom stereocenters. The van der Waals surface area contributed by atoms with Gasteiger partial charge in [0.1, 0.15) is 5.69 Å². The number of nitro groups is 1. The lowest BCUT2D eigenvalue weighted by Crippen LogP contribution is -2.26. The van der Waals surface area contributed by atoms with E-state index in [4.69, 9.17) is 9.47 Å². The number of hydrogen-bond acceptors (Lipinski definition) is 6. The highest BCUT2D eigenvalue weighted by Crippen LogP contribution is 2.38. The van der Waals surface area contributed by atoms with Crippen LogP contribution in [0.5, 0.6) is 11.5 Å². The van der Waals surface area contributed by atoms with Crippen molar-refractivity contribution in [2.24, 2.45) is 0 Å². The summed E-state index contributed by atoms with van der Waals surface area (Å²) in [7, 11) is 2.95. The van der Waals surface area contributed by atoms with Gasteiger partial charge in [-0.3, -0.25) is 10.1 Å². The van der Waals surface area contributed by atoms with Crippen molar-refractivity contribution in [3.63, 3.8) is 0 Å². The van der Waals surface area contributed by atoms with E-state index < -0.39 is 4.92 Å². The van der Waals surface area contributed by atoms with Crippen molar-refractivity contribution < 1.29 is 14.4 Å². The molecule has 20 heavy (non-hydrogen) atoms. The fraction of sp³-hybridized carbons (Fsp3) is 0.538. The van der Waals surface area contributed by atoms with Crippen LogP contribution >= 0.6 is 11.8 Å². The van der Waals surface area contributed by atoms with Gasteiger partial charge in [0.25, 0.3) is 5.69 Å². The number of benzene rings is 1. The Balaban J connectivity index is 3.13. The molecule has 1 rings (SSSR count). The van der Waals surface area contributed by atoms with Gasteiger partial charge in [-0.15, -0.1) is 0 Å². The fourth-order valence-corrected chi connectivity index (χ4v) is 1.76. The number of nitrogens with zero attached hydrogens (tertiary/aromatic N) is 1. The van der Waals surface area contributed by atoms with Crippen molar-refractivity contribution in [1.29, 1.82) is 0 Å². The zero-order chi connectivity index (χ0) is 15.3. The highest BCUT2D eigenvalue weighted by molar-refractivity contribution is 7.99. The molecule has 0 radical (unpaired) electrons. The largest absolute Gasteiger partial charge is 0.493 e. The van der Waals surface area contributed by atoms with Gasteiger partial charge in [-0.05, 0) is 20.1 Å². The molecular formula is C13H20N2O4S. The van der Waals surface area contributed by atoms with Crippen LogP contribution in [0.4, 0.5) is 11.4 Å². The number of anilines is 1. The summed E-state index contributed by atoms with van der Waals surface area (Å²) in [6.07, 6.45) is 2.00. The predicted molar refractivity (Wildman–Crippen MR) is 82.3 cm³/mol. The quantitative estimate of drug-likeness (QED) is 0.616. The Labute approximate surface area is 123 Å². The topological polar surface area (TPSA) is 73.6 Å². The summed E-state index contributed by atoms with van der Waals surface area (Å²) >= 11 is 1.69. The van der Waals surface area contributed by atoms with Crippen LogP contribution in [0.15, 0.2) is 12.1 Å². The van der Waals surface area contributed by atoms with Gasteiger partial charge in [0.15, 0.2) is 11.5 Å². The Bertz CT molecular complexity index is 492. The molecule has 0 unspecified atom stereocenters. The number of methoxy groups -OCH3 is 2. The molecule has 6 nitrogen and oxygen atoms in total. The summed E-state index contributed by atoms with van der Waals surface area (Å²) in [6, 6.07) is 2.96. The first kappa shape index (κ1) is 16.4. The Morgan fingerprint density at radius 3 is 2.30 bits per heavy atom. The molecule has 0 aliphatic heterocycles. The molecule has 0 saturated carbocycles. The van der Waals surface area contributed by atoms with Gasteiger partial charge in [0, 0.05) is 17.4 Å². The van der Waals surface area contributed by atoms with Crippen LogP contribution in [0.2, 0.25) is 0 Å². The molecule has 0 aromatic heterocycles. The molecule has 7 heteroatoms. The lowest BCUT2D eigenvalue weighted by molar-refractivity contribution is -0.384. The molecule has 0 spiro atoms. The van der Waals surface area contributed by atoms with E-state index in [0.717, 1.165) is 0 Å². The van der Waals surface area contributed by atoms with Crippen molar-refractivity contribution in [1.82, 2.24) is 0 Å². The number of nitro benzene ring substituents is 1. The molecule has 0 bridgehead atoms. The molecule has 1 aromatic rings. The summed E-state index contributed by atoms with van der Waals surface area (Å²) in [5, 5.41) is 14.3. The smallest absolute Gasteiger partial charge is 0.296 e. The third kappa shape index (κ3) is 3.93. The minimum absolute atomic E-state index is 0.0268. The normalized spacial score (nSPS) is 11.1. The van der Waals surface area contributed by atoms with E-state index in [9.17, 15) is 10.1 Å². The molecule has 0 aliphatic rings. The Hall–Kier alpha value is -1.63. The second-order valence-electron chi connectivity index (χ2n) is 4.80. The summed E-state index contributed by atoms with van der Waals surface area (Å²) < 4.78 is 10.2. The minimum atomic E-state index is -0.434. The van der Waals surface area contributed by atoms with Crippen molar-refractivity contribution in [2.75, 3.05) is 32.3 Å². The SMILES string of the molecule is COc1cc(NCC(C)(C)SC)c([N+](=O)[O-])cc1OC. The van der Waals surface area contributed by atoms with E-state index in [1.54, 1.807) is 17.8 Å². The van der Waals surface area contributed by atoms with Crippen molar-refractivity contribution in [3.8, 4) is 11.5 Å². The maximum atomic E-state index is 11.1. The zero-order valence-electron chi connectivity index (χ0n) is 12.4. The van der Waals surface area contributed by atoms with Crippen LogP contribution in [0, 0.1) is 10.1 Å². The van der Waals surface area contributed by atoms with Crippen LogP contribution in [0.1, 0.15) is 13.8 Å². The minimum Gasteiger partial charge on any atom is -0.493 e. The number of hydrogen-bond donors (Lipinski definition) is 1. The molecule has 0 amide bonds. The Morgan fingerprint density at radius 2 is 1.85 bits per heavy atom. The van der Waals surface area contributed by atoms with Crippen LogP contribution in [0.3, 0.4) is 0 Å². The molecule has 0 aliphatic carbocycles. The van der Waals surface area contributed by atoms with Crippen LogP contribution in [-0.4, -0.2) is 36.7 Å². The van der Waals surface area contributed by atoms with Crippen molar-refractivity contribution in [2.45, 2.75) is 18.6 Å². The van der Waals surface area contributed by atoms with Crippen LogP contribution < -0.4 is 14.8 Å². The summed E-state index contributed by atoms with van der Waals surface area (Å²) in [6.45, 7) is 4.74. The molecule has 0 saturated heterocycles. The third-order valence-corrected chi connectivity index (χ3v) is 4.21. The van der Waals surface area contributed by atoms with Crippen LogP contribution in [0.25, 0.3) is 0 Å². The number of rotatable bonds is 7. The lowest BCUT2D eigenvalue weighted by Gasteiger charge is -2.23. The van der Waals surface area contributed by atoms with E-state index in [1.165, 1.54) is 20.3 Å². The van der Waals surface area contributed by atoms with E-state index in [1.807, 2.05) is 6.26 Å². The van der Waals surface area contributed by atoms with Gasteiger partial charge in [0.05, 0.1) is 25.2 Å². The average molecular weight is 300 g/mol. The van der Waals surface area contributed by atoms with E-state index in [2.05, 4.69) is 19.2 Å². The summed E-state index contributed by atoms with van der Waals surface area (Å²) in [5.74, 6) is 0.802. The number of ether oxygens (including phenoxy) is 2. The highest BCUT2D eigenvalue weighted by atomic mass is 32.2. The Morgan fingerprint density at radius 1 is 1.30 bits per heavy atom. The van der Waals surface area contributed by atoms with Gasteiger partial charge in [-0.2, -0.15) is 11.8 Å². The maximum Gasteiger partial charge on any atom is 0.296 e. The van der Waals surface area contributed by atoms with Crippen LogP contribution in [-0.2, 0) is 0 Å². The zero-order valence-corrected chi connectivity index (χ0v) is 13.2. The summed E-state index contributed by atoms with van der Waals surface area (Å²) in [4.78, 5) is 10.7. The van der Waals surface area contributed by atoms with Crippen molar-refractivity contribution in [3.05, 3.63) is 22.2 Å². The van der Waals surface area contributed by atoms with E-state index >= 15 is 0 Å². The van der Waals surface area contributed by atoms with E-state index in [-0.39, 0.29) is 10.4 Å². The van der Waals surface area contributed by atoms with Gasteiger partial charge in [-0.25, -0.2) is 0 Å². The predicted octanol–water partition coefficient (Wildman–Crippen LogP) is 3.17. The molecule has 0 heterocycles. The van der Waals surface area contributed by atoms with Gasteiger partial charge < -0.3 is 14.8 Å². The lowest BCUT2D eigenvalue weighted by atomic mass is 10.2.